The number of guanidine groups is 1. The highest BCUT2D eigenvalue weighted by Crippen LogP contribution is 1.97. The van der Waals surface area contributed by atoms with Gasteiger partial charge in [0.05, 0.1) is 6.54 Å². The number of rotatable bonds is 7. The van der Waals surface area contributed by atoms with Gasteiger partial charge in [-0.1, -0.05) is 6.07 Å². The second kappa shape index (κ2) is 10.8. The van der Waals surface area contributed by atoms with Crippen LogP contribution in [0.3, 0.4) is 0 Å². The summed E-state index contributed by atoms with van der Waals surface area (Å²) >= 11 is 0. The van der Waals surface area contributed by atoms with Crippen LogP contribution in [-0.4, -0.2) is 60.5 Å². The Bertz CT molecular complexity index is 550. The molecule has 3 amide bonds. The third kappa shape index (κ3) is 6.30. The molecule has 0 spiro atoms. The van der Waals surface area contributed by atoms with Crippen molar-refractivity contribution in [3.63, 3.8) is 0 Å². The van der Waals surface area contributed by atoms with Crippen LogP contribution in [0.25, 0.3) is 0 Å². The average molecular weight is 446 g/mol. The summed E-state index contributed by atoms with van der Waals surface area (Å²) in [5.41, 5.74) is 0.992. The van der Waals surface area contributed by atoms with Gasteiger partial charge < -0.3 is 16.0 Å². The number of imide groups is 1. The molecule has 0 unspecified atom stereocenters. The number of hydrogen-bond donors (Lipinski definition) is 3. The lowest BCUT2D eigenvalue weighted by Crippen LogP contribution is -2.43. The Kier molecular flexibility index (Phi) is 9.05. The van der Waals surface area contributed by atoms with Crippen molar-refractivity contribution < 1.29 is 9.59 Å². The van der Waals surface area contributed by atoms with Crippen LogP contribution in [0.15, 0.2) is 29.4 Å². The van der Waals surface area contributed by atoms with Gasteiger partial charge in [0.1, 0.15) is 0 Å². The molecule has 1 saturated heterocycles. The fraction of sp³-hybridized carbons (Fsp3) is 0.467. The van der Waals surface area contributed by atoms with Crippen molar-refractivity contribution in [2.45, 2.75) is 13.3 Å². The van der Waals surface area contributed by atoms with Gasteiger partial charge in [0.25, 0.3) is 0 Å². The SMILES string of the molecule is CCNC(=NCCc1ccccn1)NCCN1C(=O)CNC1=O.I. The van der Waals surface area contributed by atoms with Gasteiger partial charge in [-0.25, -0.2) is 4.79 Å². The van der Waals surface area contributed by atoms with E-state index in [0.717, 1.165) is 18.7 Å². The van der Waals surface area contributed by atoms with Gasteiger partial charge in [-0.2, -0.15) is 0 Å². The quantitative estimate of drug-likeness (QED) is 0.243. The van der Waals surface area contributed by atoms with E-state index in [9.17, 15) is 9.59 Å². The van der Waals surface area contributed by atoms with Crippen molar-refractivity contribution in [3.8, 4) is 0 Å². The lowest BCUT2D eigenvalue weighted by atomic mass is 10.3. The minimum atomic E-state index is -0.339. The molecule has 2 rings (SSSR count). The molecular weight excluding hydrogens is 423 g/mol. The van der Waals surface area contributed by atoms with E-state index in [4.69, 9.17) is 0 Å². The number of carbonyl (C=O) groups excluding carboxylic acids is 2. The normalized spacial score (nSPS) is 14.2. The van der Waals surface area contributed by atoms with Crippen molar-refractivity contribution in [1.82, 2.24) is 25.8 Å². The second-order valence-electron chi connectivity index (χ2n) is 4.96. The zero-order chi connectivity index (χ0) is 16.5. The van der Waals surface area contributed by atoms with E-state index in [1.807, 2.05) is 25.1 Å². The standard InChI is InChI=1S/C15H22N6O2.HI/c1-2-16-14(18-8-6-12-5-3-4-7-17-12)19-9-10-21-13(22)11-20-15(21)23;/h3-5,7H,2,6,8-11H2,1H3,(H,20,23)(H2,16,18,19);1H. The first-order valence-corrected chi connectivity index (χ1v) is 7.71. The molecule has 0 atom stereocenters. The highest BCUT2D eigenvalue weighted by molar-refractivity contribution is 14.0. The minimum absolute atomic E-state index is 0. The van der Waals surface area contributed by atoms with E-state index in [2.05, 4.69) is 25.9 Å². The maximum absolute atomic E-state index is 11.5. The Morgan fingerprint density at radius 3 is 2.83 bits per heavy atom. The van der Waals surface area contributed by atoms with Crippen LogP contribution in [0, 0.1) is 0 Å². The summed E-state index contributed by atoms with van der Waals surface area (Å²) in [5, 5.41) is 8.74. The van der Waals surface area contributed by atoms with E-state index in [1.165, 1.54) is 4.90 Å². The summed E-state index contributed by atoms with van der Waals surface area (Å²) in [7, 11) is 0. The number of pyridine rings is 1. The first-order chi connectivity index (χ1) is 11.2. The van der Waals surface area contributed by atoms with Crippen LogP contribution in [0.1, 0.15) is 12.6 Å². The number of carbonyl (C=O) groups is 2. The van der Waals surface area contributed by atoms with Gasteiger partial charge >= 0.3 is 6.03 Å². The number of urea groups is 1. The minimum Gasteiger partial charge on any atom is -0.357 e. The molecule has 3 N–H and O–H groups in total. The lowest BCUT2D eigenvalue weighted by Gasteiger charge is -2.15. The molecule has 0 aromatic carbocycles. The molecule has 8 nitrogen and oxygen atoms in total. The Balaban J connectivity index is 0.00000288. The van der Waals surface area contributed by atoms with E-state index in [-0.39, 0.29) is 42.5 Å². The largest absolute Gasteiger partial charge is 0.357 e. The average Bonchev–Trinajstić information content (AvgIpc) is 2.88. The van der Waals surface area contributed by atoms with Gasteiger partial charge in [-0.15, -0.1) is 24.0 Å². The molecule has 132 valence electrons. The number of halogens is 1. The molecule has 1 aromatic heterocycles. The van der Waals surface area contributed by atoms with Gasteiger partial charge in [0.15, 0.2) is 5.96 Å². The predicted octanol–water partition coefficient (Wildman–Crippen LogP) is 0.349. The Morgan fingerprint density at radius 2 is 2.21 bits per heavy atom. The first kappa shape index (κ1) is 20.1. The van der Waals surface area contributed by atoms with Crippen molar-refractivity contribution in [3.05, 3.63) is 30.1 Å². The molecule has 0 radical (unpaired) electrons. The Morgan fingerprint density at radius 1 is 1.38 bits per heavy atom. The van der Waals surface area contributed by atoms with Gasteiger partial charge in [-0.05, 0) is 19.1 Å². The summed E-state index contributed by atoms with van der Waals surface area (Å²) in [6.45, 7) is 4.17. The molecule has 9 heteroatoms. The molecule has 0 bridgehead atoms. The molecule has 0 aliphatic carbocycles. The fourth-order valence-electron chi connectivity index (χ4n) is 2.14. The number of amides is 3. The number of nitrogens with one attached hydrogen (secondary N) is 3. The number of aliphatic imine (C=N–C) groups is 1. The van der Waals surface area contributed by atoms with Gasteiger partial charge in [0, 0.05) is 44.5 Å². The zero-order valence-corrected chi connectivity index (χ0v) is 15.9. The van der Waals surface area contributed by atoms with Crippen LogP contribution >= 0.6 is 24.0 Å². The van der Waals surface area contributed by atoms with Crippen LogP contribution in [-0.2, 0) is 11.2 Å². The summed E-state index contributed by atoms with van der Waals surface area (Å²) in [4.78, 5) is 32.8. The molecule has 0 saturated carbocycles. The van der Waals surface area contributed by atoms with E-state index in [0.29, 0.717) is 25.6 Å². The Hall–Kier alpha value is -1.91. The molecule has 1 aromatic rings. The number of hydrogen-bond acceptors (Lipinski definition) is 4. The van der Waals surface area contributed by atoms with E-state index >= 15 is 0 Å². The maximum atomic E-state index is 11.5. The molecule has 24 heavy (non-hydrogen) atoms. The number of aromatic nitrogens is 1. The molecule has 1 aliphatic heterocycles. The highest BCUT2D eigenvalue weighted by Gasteiger charge is 2.27. The van der Waals surface area contributed by atoms with Crippen LogP contribution in [0.4, 0.5) is 4.79 Å². The highest BCUT2D eigenvalue weighted by atomic mass is 127. The molecule has 1 aliphatic rings. The van der Waals surface area contributed by atoms with E-state index in [1.54, 1.807) is 6.20 Å². The smallest absolute Gasteiger partial charge is 0.324 e. The zero-order valence-electron chi connectivity index (χ0n) is 13.6. The Labute approximate surface area is 158 Å². The number of nitrogens with zero attached hydrogens (tertiary/aromatic N) is 3. The monoisotopic (exact) mass is 446 g/mol. The first-order valence-electron chi connectivity index (χ1n) is 7.71. The van der Waals surface area contributed by atoms with Crippen molar-refractivity contribution in [1.29, 1.82) is 0 Å². The third-order valence-electron chi connectivity index (χ3n) is 3.27. The van der Waals surface area contributed by atoms with Crippen LogP contribution in [0.5, 0.6) is 0 Å². The van der Waals surface area contributed by atoms with Crippen molar-refractivity contribution in [2.75, 3.05) is 32.7 Å². The topological polar surface area (TPSA) is 98.7 Å². The van der Waals surface area contributed by atoms with E-state index < -0.39 is 0 Å². The van der Waals surface area contributed by atoms with Crippen LogP contribution < -0.4 is 16.0 Å². The summed E-state index contributed by atoms with van der Waals surface area (Å²) < 4.78 is 0. The second-order valence-corrected chi connectivity index (χ2v) is 4.96. The predicted molar refractivity (Wildman–Crippen MR) is 102 cm³/mol. The summed E-state index contributed by atoms with van der Waals surface area (Å²) in [5.74, 6) is 0.462. The van der Waals surface area contributed by atoms with Crippen molar-refractivity contribution in [2.24, 2.45) is 4.99 Å². The summed E-state index contributed by atoms with van der Waals surface area (Å²) in [6, 6.07) is 5.46. The molecular formula is C15H23IN6O2. The molecule has 1 fully saturated rings. The fourth-order valence-corrected chi connectivity index (χ4v) is 2.14. The van der Waals surface area contributed by atoms with Gasteiger partial charge in [-0.3, -0.25) is 19.7 Å². The third-order valence-corrected chi connectivity index (χ3v) is 3.27. The van der Waals surface area contributed by atoms with Crippen LogP contribution in [0.2, 0.25) is 0 Å². The van der Waals surface area contributed by atoms with Gasteiger partial charge in [0.2, 0.25) is 5.91 Å². The molecule has 2 heterocycles. The van der Waals surface area contributed by atoms with Crippen molar-refractivity contribution >= 4 is 41.9 Å². The maximum Gasteiger partial charge on any atom is 0.324 e. The summed E-state index contributed by atoms with van der Waals surface area (Å²) in [6.07, 6.45) is 2.52. The lowest BCUT2D eigenvalue weighted by molar-refractivity contribution is -0.124.